The number of rotatable bonds is 6. The van der Waals surface area contributed by atoms with Gasteiger partial charge in [0.15, 0.2) is 0 Å². The summed E-state index contributed by atoms with van der Waals surface area (Å²) in [5.41, 5.74) is 7.06. The molecule has 0 unspecified atom stereocenters. The van der Waals surface area contributed by atoms with E-state index in [-0.39, 0.29) is 0 Å². The second kappa shape index (κ2) is 11.9. The summed E-state index contributed by atoms with van der Waals surface area (Å²) in [4.78, 5) is 4.85. The Bertz CT molecular complexity index is 2550. The van der Waals surface area contributed by atoms with Crippen LogP contribution in [0.5, 0.6) is 0 Å². The molecule has 1 aliphatic rings. The van der Waals surface area contributed by atoms with Crippen LogP contribution in [0.3, 0.4) is 0 Å². The van der Waals surface area contributed by atoms with E-state index in [2.05, 4.69) is 192 Å². The molecule has 0 amide bonds. The van der Waals surface area contributed by atoms with E-state index in [9.17, 15) is 0 Å². The predicted molar refractivity (Wildman–Crippen MR) is 205 cm³/mol. The second-order valence-electron chi connectivity index (χ2n) is 12.5. The normalized spacial score (nSPS) is 12.5. The SMILES string of the molecule is C1=c2cc3ccccc3cc2=C(N(c2ccccc2)c2ccc(N(c3ccccc3)c3cccc4cc5ccccc5cc34)cc2)CC1. The van der Waals surface area contributed by atoms with Crippen molar-refractivity contribution >= 4 is 72.5 Å². The number of benzene rings is 8. The van der Waals surface area contributed by atoms with Crippen molar-refractivity contribution in [3.8, 4) is 0 Å². The molecule has 0 fully saturated rings. The van der Waals surface area contributed by atoms with Gasteiger partial charge in [0.1, 0.15) is 0 Å². The monoisotopic (exact) mass is 614 g/mol. The summed E-state index contributed by atoms with van der Waals surface area (Å²) < 4.78 is 0. The Labute approximate surface area is 280 Å². The topological polar surface area (TPSA) is 6.48 Å². The molecule has 0 aromatic heterocycles. The minimum Gasteiger partial charge on any atom is -0.314 e. The molecular formula is C46H34N2. The van der Waals surface area contributed by atoms with Crippen LogP contribution in [0.4, 0.5) is 28.4 Å². The summed E-state index contributed by atoms with van der Waals surface area (Å²) in [6.07, 6.45) is 4.38. The first-order chi connectivity index (χ1) is 23.8. The van der Waals surface area contributed by atoms with Crippen molar-refractivity contribution in [3.63, 3.8) is 0 Å². The summed E-state index contributed by atoms with van der Waals surface area (Å²) >= 11 is 0. The summed E-state index contributed by atoms with van der Waals surface area (Å²) in [5.74, 6) is 0. The standard InChI is InChI=1S/C46H34N2/c1-3-19-39(20-4-1)47(45-23-11-17-37-29-33-13-7-9-15-35(33)31-43(37)45)41-25-27-42(28-26-41)48(40-21-5-2-6-22-40)46-24-12-18-38-30-34-14-8-10-16-36(34)32-44(38)46/h1-11,13-23,25-32H,12,24H2. The zero-order valence-corrected chi connectivity index (χ0v) is 26.6. The van der Waals surface area contributed by atoms with E-state index in [1.54, 1.807) is 0 Å². The van der Waals surface area contributed by atoms with Crippen molar-refractivity contribution in [1.82, 2.24) is 0 Å². The molecule has 8 aromatic rings. The molecule has 0 heterocycles. The Hall–Kier alpha value is -6.12. The van der Waals surface area contributed by atoms with Crippen molar-refractivity contribution in [2.24, 2.45) is 0 Å². The number of para-hydroxylation sites is 2. The van der Waals surface area contributed by atoms with Crippen LogP contribution >= 0.6 is 0 Å². The number of anilines is 5. The van der Waals surface area contributed by atoms with Crippen LogP contribution in [0.1, 0.15) is 12.8 Å². The fourth-order valence-corrected chi connectivity index (χ4v) is 7.35. The van der Waals surface area contributed by atoms with Gasteiger partial charge in [-0.25, -0.2) is 0 Å². The highest BCUT2D eigenvalue weighted by atomic mass is 15.2. The summed E-state index contributed by atoms with van der Waals surface area (Å²) in [7, 11) is 0. The smallest absolute Gasteiger partial charge is 0.0540 e. The van der Waals surface area contributed by atoms with Crippen LogP contribution in [0.15, 0.2) is 176 Å². The Balaban J connectivity index is 1.21. The van der Waals surface area contributed by atoms with Crippen molar-refractivity contribution in [2.75, 3.05) is 9.80 Å². The Morgan fingerprint density at radius 3 is 1.54 bits per heavy atom. The van der Waals surface area contributed by atoms with Gasteiger partial charge in [-0.1, -0.05) is 103 Å². The molecule has 1 aliphatic carbocycles. The van der Waals surface area contributed by atoms with E-state index < -0.39 is 0 Å². The van der Waals surface area contributed by atoms with Gasteiger partial charge < -0.3 is 9.80 Å². The lowest BCUT2D eigenvalue weighted by atomic mass is 9.98. The Kier molecular flexibility index (Phi) is 6.98. The first kappa shape index (κ1) is 28.1. The molecule has 0 bridgehead atoms. The van der Waals surface area contributed by atoms with Gasteiger partial charge in [0.25, 0.3) is 0 Å². The molecule has 2 heteroatoms. The molecule has 0 aliphatic heterocycles. The van der Waals surface area contributed by atoms with Crippen molar-refractivity contribution in [1.29, 1.82) is 0 Å². The molecule has 48 heavy (non-hydrogen) atoms. The van der Waals surface area contributed by atoms with Crippen LogP contribution in [-0.4, -0.2) is 0 Å². The van der Waals surface area contributed by atoms with E-state index in [4.69, 9.17) is 0 Å². The number of hydrogen-bond donors (Lipinski definition) is 0. The Morgan fingerprint density at radius 2 is 0.875 bits per heavy atom. The largest absolute Gasteiger partial charge is 0.314 e. The maximum atomic E-state index is 2.46. The quantitative estimate of drug-likeness (QED) is 0.172. The Morgan fingerprint density at radius 1 is 0.375 bits per heavy atom. The molecule has 228 valence electrons. The molecule has 0 radical (unpaired) electrons. The van der Waals surface area contributed by atoms with Gasteiger partial charge in [0.05, 0.1) is 5.69 Å². The van der Waals surface area contributed by atoms with E-state index in [0.717, 1.165) is 35.6 Å². The highest BCUT2D eigenvalue weighted by molar-refractivity contribution is 6.06. The van der Waals surface area contributed by atoms with Crippen LogP contribution < -0.4 is 20.2 Å². The van der Waals surface area contributed by atoms with E-state index in [1.807, 2.05) is 0 Å². The molecule has 9 rings (SSSR count). The second-order valence-corrected chi connectivity index (χ2v) is 12.5. The summed E-state index contributed by atoms with van der Waals surface area (Å²) in [5, 5.41) is 10.1. The minimum atomic E-state index is 0.974. The summed E-state index contributed by atoms with van der Waals surface area (Å²) in [6.45, 7) is 0. The number of nitrogens with zero attached hydrogens (tertiary/aromatic N) is 2. The third-order valence-electron chi connectivity index (χ3n) is 9.60. The third kappa shape index (κ3) is 4.99. The fraction of sp³-hybridized carbons (Fsp3) is 0.0435. The average molecular weight is 615 g/mol. The van der Waals surface area contributed by atoms with Crippen LogP contribution in [0.2, 0.25) is 0 Å². The average Bonchev–Trinajstić information content (AvgIpc) is 3.15. The van der Waals surface area contributed by atoms with Crippen LogP contribution in [0.25, 0.3) is 44.1 Å². The third-order valence-corrected chi connectivity index (χ3v) is 9.60. The van der Waals surface area contributed by atoms with Crippen LogP contribution in [0, 0.1) is 0 Å². The van der Waals surface area contributed by atoms with Crippen molar-refractivity contribution < 1.29 is 0 Å². The maximum absolute atomic E-state index is 2.46. The van der Waals surface area contributed by atoms with Crippen LogP contribution in [-0.2, 0) is 0 Å². The van der Waals surface area contributed by atoms with Gasteiger partial charge in [0, 0.05) is 39.1 Å². The molecular weight excluding hydrogens is 581 g/mol. The van der Waals surface area contributed by atoms with Crippen molar-refractivity contribution in [2.45, 2.75) is 12.8 Å². The van der Waals surface area contributed by atoms with E-state index >= 15 is 0 Å². The molecule has 0 N–H and O–H groups in total. The van der Waals surface area contributed by atoms with E-state index in [1.165, 1.54) is 54.1 Å². The predicted octanol–water partition coefficient (Wildman–Crippen LogP) is 11.1. The van der Waals surface area contributed by atoms with Crippen molar-refractivity contribution in [3.05, 3.63) is 186 Å². The molecule has 0 saturated heterocycles. The lowest BCUT2D eigenvalue weighted by Gasteiger charge is -2.31. The minimum absolute atomic E-state index is 0.974. The molecule has 0 saturated carbocycles. The fourth-order valence-electron chi connectivity index (χ4n) is 7.35. The van der Waals surface area contributed by atoms with Gasteiger partial charge >= 0.3 is 0 Å². The van der Waals surface area contributed by atoms with Gasteiger partial charge in [-0.15, -0.1) is 0 Å². The first-order valence-corrected chi connectivity index (χ1v) is 16.7. The summed E-state index contributed by atoms with van der Waals surface area (Å²) in [6, 6.07) is 63.9. The molecule has 0 spiro atoms. The highest BCUT2D eigenvalue weighted by Crippen LogP contribution is 2.41. The van der Waals surface area contributed by atoms with E-state index in [0.29, 0.717) is 0 Å². The first-order valence-electron chi connectivity index (χ1n) is 16.7. The van der Waals surface area contributed by atoms with Gasteiger partial charge in [-0.3, -0.25) is 0 Å². The molecule has 8 aromatic carbocycles. The zero-order chi connectivity index (χ0) is 31.9. The lowest BCUT2D eigenvalue weighted by molar-refractivity contribution is 1.03. The lowest BCUT2D eigenvalue weighted by Crippen LogP contribution is -2.35. The molecule has 2 nitrogen and oxygen atoms in total. The van der Waals surface area contributed by atoms with Gasteiger partial charge in [0.2, 0.25) is 0 Å². The highest BCUT2D eigenvalue weighted by Gasteiger charge is 2.20. The molecule has 0 atom stereocenters. The number of fused-ring (bicyclic) bond motifs is 4. The van der Waals surface area contributed by atoms with Gasteiger partial charge in [-0.05, 0) is 124 Å². The number of hydrogen-bond acceptors (Lipinski definition) is 2. The zero-order valence-electron chi connectivity index (χ0n) is 26.6. The van der Waals surface area contributed by atoms with Gasteiger partial charge in [-0.2, -0.15) is 0 Å². The maximum Gasteiger partial charge on any atom is 0.0540 e.